The molecule has 0 amide bonds. The molecule has 1 atom stereocenters. The van der Waals surface area contributed by atoms with Crippen molar-refractivity contribution < 1.29 is 5.11 Å². The van der Waals surface area contributed by atoms with Crippen LogP contribution >= 0.6 is 23.1 Å². The van der Waals surface area contributed by atoms with Crippen LogP contribution in [-0.4, -0.2) is 39.7 Å². The molecule has 2 aromatic rings. The fraction of sp³-hybridized carbons (Fsp3) is 0.538. The lowest BCUT2D eigenvalue weighted by molar-refractivity contribution is 0.282. The zero-order chi connectivity index (χ0) is 13.7. The predicted octanol–water partition coefficient (Wildman–Crippen LogP) is 2.78. The van der Waals surface area contributed by atoms with Crippen LogP contribution in [0, 0.1) is 0 Å². The standard InChI is InChI=1S/C13H19N3OS2/c1-3-11-15-12(10-5-7-19-13(10)16-11)14-9(4-6-17)8-18-2/h5,7,9,17H,3-4,6,8H2,1-2H3,(H,14,15,16). The fourth-order valence-electron chi connectivity index (χ4n) is 1.92. The molecular weight excluding hydrogens is 278 g/mol. The highest BCUT2D eigenvalue weighted by atomic mass is 32.2. The monoisotopic (exact) mass is 297 g/mol. The summed E-state index contributed by atoms with van der Waals surface area (Å²) in [7, 11) is 0. The summed E-state index contributed by atoms with van der Waals surface area (Å²) in [6.07, 6.45) is 3.64. The Bertz CT molecular complexity index is 524. The zero-order valence-corrected chi connectivity index (χ0v) is 12.9. The van der Waals surface area contributed by atoms with Gasteiger partial charge in [-0.1, -0.05) is 6.92 Å². The second kappa shape index (κ2) is 7.07. The molecule has 0 aliphatic rings. The Kier molecular flexibility index (Phi) is 5.42. The Morgan fingerprint density at radius 2 is 2.32 bits per heavy atom. The van der Waals surface area contributed by atoms with Crippen molar-refractivity contribution in [3.63, 3.8) is 0 Å². The van der Waals surface area contributed by atoms with Crippen LogP contribution in [0.4, 0.5) is 5.82 Å². The zero-order valence-electron chi connectivity index (χ0n) is 11.2. The van der Waals surface area contributed by atoms with Gasteiger partial charge in [-0.3, -0.25) is 0 Å². The van der Waals surface area contributed by atoms with Gasteiger partial charge in [0.15, 0.2) is 0 Å². The van der Waals surface area contributed by atoms with Gasteiger partial charge in [0.05, 0.1) is 5.39 Å². The summed E-state index contributed by atoms with van der Waals surface area (Å²) < 4.78 is 0. The molecule has 19 heavy (non-hydrogen) atoms. The molecule has 0 saturated heterocycles. The summed E-state index contributed by atoms with van der Waals surface area (Å²) in [5, 5.41) is 15.7. The molecule has 104 valence electrons. The summed E-state index contributed by atoms with van der Waals surface area (Å²) in [5.74, 6) is 2.72. The minimum Gasteiger partial charge on any atom is -0.396 e. The highest BCUT2D eigenvalue weighted by Gasteiger charge is 2.13. The third kappa shape index (κ3) is 3.58. The van der Waals surface area contributed by atoms with E-state index in [1.165, 1.54) is 0 Å². The number of aliphatic hydroxyl groups is 1. The molecular formula is C13H19N3OS2. The first-order valence-corrected chi connectivity index (χ1v) is 8.66. The fourth-order valence-corrected chi connectivity index (χ4v) is 3.35. The van der Waals surface area contributed by atoms with E-state index in [1.807, 2.05) is 5.38 Å². The summed E-state index contributed by atoms with van der Waals surface area (Å²) in [5.41, 5.74) is 0. The van der Waals surface area contributed by atoms with E-state index in [0.717, 1.165) is 40.5 Å². The minimum absolute atomic E-state index is 0.191. The minimum atomic E-state index is 0.191. The second-order valence-corrected chi connectivity index (χ2v) is 6.10. The Labute approximate surface area is 121 Å². The number of thioether (sulfide) groups is 1. The number of hydrogen-bond donors (Lipinski definition) is 2. The van der Waals surface area contributed by atoms with Gasteiger partial charge in [0.1, 0.15) is 16.5 Å². The van der Waals surface area contributed by atoms with Crippen molar-refractivity contribution in [1.82, 2.24) is 9.97 Å². The summed E-state index contributed by atoms with van der Waals surface area (Å²) in [6.45, 7) is 2.25. The van der Waals surface area contributed by atoms with E-state index < -0.39 is 0 Å². The quantitative estimate of drug-likeness (QED) is 0.823. The summed E-state index contributed by atoms with van der Waals surface area (Å²) in [4.78, 5) is 10.1. The molecule has 0 aliphatic carbocycles. The molecule has 0 bridgehead atoms. The van der Waals surface area contributed by atoms with Gasteiger partial charge in [-0.2, -0.15) is 11.8 Å². The first kappa shape index (κ1) is 14.6. The number of thiophene rings is 1. The van der Waals surface area contributed by atoms with Gasteiger partial charge >= 0.3 is 0 Å². The van der Waals surface area contributed by atoms with Gasteiger partial charge in [0.25, 0.3) is 0 Å². The average molecular weight is 297 g/mol. The van der Waals surface area contributed by atoms with Crippen molar-refractivity contribution in [3.05, 3.63) is 17.3 Å². The number of aliphatic hydroxyl groups excluding tert-OH is 1. The number of nitrogens with zero attached hydrogens (tertiary/aromatic N) is 2. The number of anilines is 1. The lowest BCUT2D eigenvalue weighted by Crippen LogP contribution is -2.24. The molecule has 0 radical (unpaired) electrons. The topological polar surface area (TPSA) is 58.0 Å². The second-order valence-electron chi connectivity index (χ2n) is 4.29. The largest absolute Gasteiger partial charge is 0.396 e. The van der Waals surface area contributed by atoms with Crippen LogP contribution in [0.1, 0.15) is 19.2 Å². The van der Waals surface area contributed by atoms with E-state index in [0.29, 0.717) is 0 Å². The van der Waals surface area contributed by atoms with E-state index in [1.54, 1.807) is 23.1 Å². The van der Waals surface area contributed by atoms with E-state index in [9.17, 15) is 0 Å². The molecule has 0 spiro atoms. The Balaban J connectivity index is 2.28. The third-order valence-electron chi connectivity index (χ3n) is 2.87. The van der Waals surface area contributed by atoms with Gasteiger partial charge in [0.2, 0.25) is 0 Å². The third-order valence-corrected chi connectivity index (χ3v) is 4.42. The number of fused-ring (bicyclic) bond motifs is 1. The van der Waals surface area contributed by atoms with Crippen LogP contribution in [0.25, 0.3) is 10.2 Å². The molecule has 1 unspecified atom stereocenters. The molecule has 0 saturated carbocycles. The Morgan fingerprint density at radius 1 is 1.47 bits per heavy atom. The molecule has 2 N–H and O–H groups in total. The van der Waals surface area contributed by atoms with E-state index in [2.05, 4.69) is 34.5 Å². The van der Waals surface area contributed by atoms with Crippen LogP contribution in [0.15, 0.2) is 11.4 Å². The maximum absolute atomic E-state index is 9.14. The van der Waals surface area contributed by atoms with Gasteiger partial charge in [-0.05, 0) is 24.1 Å². The SMILES string of the molecule is CCc1nc(NC(CCO)CSC)c2ccsc2n1. The van der Waals surface area contributed by atoms with Crippen molar-refractivity contribution in [1.29, 1.82) is 0 Å². The van der Waals surface area contributed by atoms with Gasteiger partial charge in [-0.25, -0.2) is 9.97 Å². The van der Waals surface area contributed by atoms with E-state index in [4.69, 9.17) is 5.11 Å². The maximum atomic E-state index is 9.14. The normalized spacial score (nSPS) is 12.8. The average Bonchev–Trinajstić information content (AvgIpc) is 2.87. The number of hydrogen-bond acceptors (Lipinski definition) is 6. The highest BCUT2D eigenvalue weighted by molar-refractivity contribution is 7.98. The van der Waals surface area contributed by atoms with Crippen LogP contribution in [0.5, 0.6) is 0 Å². The van der Waals surface area contributed by atoms with Crippen LogP contribution in [-0.2, 0) is 6.42 Å². The lowest BCUT2D eigenvalue weighted by Gasteiger charge is -2.18. The lowest BCUT2D eigenvalue weighted by atomic mass is 10.2. The van der Waals surface area contributed by atoms with E-state index >= 15 is 0 Å². The molecule has 0 aromatic carbocycles. The maximum Gasteiger partial charge on any atom is 0.138 e. The van der Waals surface area contributed by atoms with Gasteiger partial charge < -0.3 is 10.4 Å². The summed E-state index contributed by atoms with van der Waals surface area (Å²) >= 11 is 3.41. The predicted molar refractivity (Wildman–Crippen MR) is 84.3 cm³/mol. The molecule has 4 nitrogen and oxygen atoms in total. The van der Waals surface area contributed by atoms with Gasteiger partial charge in [-0.15, -0.1) is 11.3 Å². The first-order valence-electron chi connectivity index (χ1n) is 6.39. The smallest absolute Gasteiger partial charge is 0.138 e. The molecule has 6 heteroatoms. The number of rotatable bonds is 7. The Morgan fingerprint density at radius 3 is 3.00 bits per heavy atom. The molecule has 2 aromatic heterocycles. The number of aromatic nitrogens is 2. The Hall–Kier alpha value is -0.850. The van der Waals surface area contributed by atoms with Crippen LogP contribution in [0.3, 0.4) is 0 Å². The molecule has 0 fully saturated rings. The van der Waals surface area contributed by atoms with Crippen molar-refractivity contribution in [2.45, 2.75) is 25.8 Å². The van der Waals surface area contributed by atoms with Crippen molar-refractivity contribution >= 4 is 39.1 Å². The molecule has 2 rings (SSSR count). The van der Waals surface area contributed by atoms with Crippen molar-refractivity contribution in [3.8, 4) is 0 Å². The molecule has 2 heterocycles. The molecule has 0 aliphatic heterocycles. The van der Waals surface area contributed by atoms with Crippen LogP contribution < -0.4 is 5.32 Å². The van der Waals surface area contributed by atoms with Crippen molar-refractivity contribution in [2.75, 3.05) is 23.9 Å². The van der Waals surface area contributed by atoms with Gasteiger partial charge in [0, 0.05) is 24.8 Å². The number of nitrogens with one attached hydrogen (secondary N) is 1. The highest BCUT2D eigenvalue weighted by Crippen LogP contribution is 2.26. The summed E-state index contributed by atoms with van der Waals surface area (Å²) in [6, 6.07) is 2.29. The van der Waals surface area contributed by atoms with Crippen molar-refractivity contribution in [2.24, 2.45) is 0 Å². The van der Waals surface area contributed by atoms with Crippen LogP contribution in [0.2, 0.25) is 0 Å². The first-order chi connectivity index (χ1) is 9.28. The van der Waals surface area contributed by atoms with E-state index in [-0.39, 0.29) is 12.6 Å². The number of aryl methyl sites for hydroxylation is 1.